The predicted octanol–water partition coefficient (Wildman–Crippen LogP) is 3.46. The monoisotopic (exact) mass is 224 g/mol. The molecule has 16 heavy (non-hydrogen) atoms. The second-order valence-electron chi connectivity index (χ2n) is 6.16. The van der Waals surface area contributed by atoms with Crippen LogP contribution in [0.3, 0.4) is 0 Å². The largest absolute Gasteiger partial charge is 0.367 e. The minimum Gasteiger partial charge on any atom is -0.367 e. The molecule has 2 aliphatic rings. The van der Waals surface area contributed by atoms with Crippen molar-refractivity contribution in [2.45, 2.75) is 76.8 Å². The van der Waals surface area contributed by atoms with Gasteiger partial charge in [0.15, 0.2) is 0 Å². The molecule has 0 saturated carbocycles. The lowest BCUT2D eigenvalue weighted by atomic mass is 9.94. The van der Waals surface area contributed by atoms with Gasteiger partial charge in [0.1, 0.15) is 0 Å². The Labute approximate surface area is 99.0 Å². The average Bonchev–Trinajstić information content (AvgIpc) is 2.98. The minimum atomic E-state index is 0.123. The van der Waals surface area contributed by atoms with E-state index in [9.17, 15) is 0 Å². The first-order chi connectivity index (χ1) is 7.33. The van der Waals surface area contributed by atoms with E-state index in [4.69, 9.17) is 9.47 Å². The normalized spacial score (nSPS) is 39.5. The number of allylic oxidation sites excluding steroid dienone is 1. The summed E-state index contributed by atoms with van der Waals surface area (Å²) in [4.78, 5) is 0. The van der Waals surface area contributed by atoms with E-state index in [1.54, 1.807) is 0 Å². The highest BCUT2D eigenvalue weighted by atomic mass is 16.6. The van der Waals surface area contributed by atoms with Crippen LogP contribution in [0.15, 0.2) is 12.2 Å². The molecule has 0 aromatic heterocycles. The molecule has 2 saturated heterocycles. The van der Waals surface area contributed by atoms with E-state index in [1.165, 1.54) is 5.57 Å². The van der Waals surface area contributed by atoms with Crippen LogP contribution in [0.25, 0.3) is 0 Å². The van der Waals surface area contributed by atoms with E-state index in [0.29, 0.717) is 12.2 Å². The third kappa shape index (κ3) is 2.67. The second-order valence-corrected chi connectivity index (χ2v) is 6.16. The Morgan fingerprint density at radius 2 is 1.75 bits per heavy atom. The summed E-state index contributed by atoms with van der Waals surface area (Å²) in [6, 6.07) is 0. The molecule has 0 aromatic rings. The Balaban J connectivity index is 1.65. The molecule has 2 fully saturated rings. The highest BCUT2D eigenvalue weighted by Crippen LogP contribution is 2.47. The maximum Gasteiger partial charge on any atom is 0.0921 e. The van der Waals surface area contributed by atoms with Crippen molar-refractivity contribution >= 4 is 0 Å². The van der Waals surface area contributed by atoms with Crippen molar-refractivity contribution in [2.75, 3.05) is 0 Å². The zero-order chi connectivity index (χ0) is 12.0. The lowest BCUT2D eigenvalue weighted by molar-refractivity contribution is 0.274. The van der Waals surface area contributed by atoms with Gasteiger partial charge in [-0.15, -0.1) is 6.58 Å². The summed E-state index contributed by atoms with van der Waals surface area (Å²) in [7, 11) is 0. The molecular weight excluding hydrogens is 200 g/mol. The van der Waals surface area contributed by atoms with Crippen LogP contribution in [0.2, 0.25) is 0 Å². The van der Waals surface area contributed by atoms with Crippen molar-refractivity contribution in [3.8, 4) is 0 Å². The molecular formula is C14H24O2. The van der Waals surface area contributed by atoms with E-state index in [0.717, 1.165) is 25.7 Å². The first-order valence-corrected chi connectivity index (χ1v) is 6.33. The van der Waals surface area contributed by atoms with Crippen LogP contribution in [0.4, 0.5) is 0 Å². The molecule has 2 heterocycles. The number of hydrogen-bond acceptors (Lipinski definition) is 2. The van der Waals surface area contributed by atoms with Crippen LogP contribution < -0.4 is 0 Å². The SMILES string of the molecule is C=C(C)CC[C@H]1O[C@]1(C)CC[C@H]1OC1(C)C. The predicted molar refractivity (Wildman–Crippen MR) is 65.5 cm³/mol. The van der Waals surface area contributed by atoms with Gasteiger partial charge in [0.05, 0.1) is 23.4 Å². The molecule has 2 rings (SSSR count). The maximum absolute atomic E-state index is 5.80. The summed E-state index contributed by atoms with van der Waals surface area (Å²) < 4.78 is 11.4. The van der Waals surface area contributed by atoms with Crippen molar-refractivity contribution in [2.24, 2.45) is 0 Å². The zero-order valence-electron chi connectivity index (χ0n) is 11.0. The number of ether oxygens (including phenoxy) is 2. The summed E-state index contributed by atoms with van der Waals surface area (Å²) in [5.41, 5.74) is 1.50. The Hall–Kier alpha value is -0.340. The van der Waals surface area contributed by atoms with Gasteiger partial charge in [0.25, 0.3) is 0 Å². The smallest absolute Gasteiger partial charge is 0.0921 e. The molecule has 3 atom stereocenters. The van der Waals surface area contributed by atoms with E-state index in [1.807, 2.05) is 0 Å². The standard InChI is InChI=1S/C14H24O2/c1-10(2)6-7-12-14(5,16-12)9-8-11-13(3,4)15-11/h11-12H,1,6-9H2,2-5H3/t11-,12-,14-/m1/s1. The van der Waals surface area contributed by atoms with Gasteiger partial charge in [-0.25, -0.2) is 0 Å². The van der Waals surface area contributed by atoms with Gasteiger partial charge in [-0.05, 0) is 53.4 Å². The van der Waals surface area contributed by atoms with Crippen LogP contribution in [0, 0.1) is 0 Å². The fourth-order valence-corrected chi connectivity index (χ4v) is 2.41. The van der Waals surface area contributed by atoms with Gasteiger partial charge in [-0.1, -0.05) is 5.57 Å². The molecule has 0 N–H and O–H groups in total. The first kappa shape index (κ1) is 12.1. The van der Waals surface area contributed by atoms with Crippen LogP contribution in [-0.4, -0.2) is 23.4 Å². The van der Waals surface area contributed by atoms with Gasteiger partial charge in [0.2, 0.25) is 0 Å². The second kappa shape index (κ2) is 3.85. The van der Waals surface area contributed by atoms with Crippen LogP contribution in [-0.2, 0) is 9.47 Å². The van der Waals surface area contributed by atoms with E-state index in [-0.39, 0.29) is 11.2 Å². The van der Waals surface area contributed by atoms with Crippen LogP contribution >= 0.6 is 0 Å². The van der Waals surface area contributed by atoms with Crippen LogP contribution in [0.1, 0.15) is 53.4 Å². The van der Waals surface area contributed by atoms with Gasteiger partial charge >= 0.3 is 0 Å². The summed E-state index contributed by atoms with van der Waals surface area (Å²) in [5, 5.41) is 0. The Morgan fingerprint density at radius 1 is 1.12 bits per heavy atom. The Kier molecular flexibility index (Phi) is 2.92. The fourth-order valence-electron chi connectivity index (χ4n) is 2.41. The van der Waals surface area contributed by atoms with Crippen molar-refractivity contribution in [3.05, 3.63) is 12.2 Å². The summed E-state index contributed by atoms with van der Waals surface area (Å²) in [6.07, 6.45) is 5.38. The van der Waals surface area contributed by atoms with E-state index >= 15 is 0 Å². The first-order valence-electron chi connectivity index (χ1n) is 6.33. The quantitative estimate of drug-likeness (QED) is 0.510. The molecule has 0 aliphatic carbocycles. The van der Waals surface area contributed by atoms with Crippen molar-refractivity contribution in [3.63, 3.8) is 0 Å². The Bertz CT molecular complexity index is 295. The van der Waals surface area contributed by atoms with Crippen molar-refractivity contribution < 1.29 is 9.47 Å². The molecule has 2 heteroatoms. The average molecular weight is 224 g/mol. The number of hydrogen-bond donors (Lipinski definition) is 0. The van der Waals surface area contributed by atoms with E-state index in [2.05, 4.69) is 34.3 Å². The summed E-state index contributed by atoms with van der Waals surface area (Å²) in [6.45, 7) is 12.6. The molecule has 0 spiro atoms. The zero-order valence-corrected chi connectivity index (χ0v) is 11.0. The third-order valence-corrected chi connectivity index (χ3v) is 3.94. The number of rotatable bonds is 6. The lowest BCUT2D eigenvalue weighted by Crippen LogP contribution is -2.13. The van der Waals surface area contributed by atoms with Crippen molar-refractivity contribution in [1.29, 1.82) is 0 Å². The molecule has 0 amide bonds. The molecule has 92 valence electrons. The third-order valence-electron chi connectivity index (χ3n) is 3.94. The van der Waals surface area contributed by atoms with E-state index < -0.39 is 0 Å². The van der Waals surface area contributed by atoms with Gasteiger partial charge in [-0.3, -0.25) is 0 Å². The van der Waals surface area contributed by atoms with Crippen molar-refractivity contribution in [1.82, 2.24) is 0 Å². The molecule has 2 aliphatic heterocycles. The minimum absolute atomic E-state index is 0.123. The van der Waals surface area contributed by atoms with Gasteiger partial charge < -0.3 is 9.47 Å². The molecule has 0 radical (unpaired) electrons. The molecule has 0 unspecified atom stereocenters. The summed E-state index contributed by atoms with van der Waals surface area (Å²) in [5.74, 6) is 0. The Morgan fingerprint density at radius 3 is 2.25 bits per heavy atom. The molecule has 2 nitrogen and oxygen atoms in total. The van der Waals surface area contributed by atoms with Gasteiger partial charge in [0, 0.05) is 0 Å². The van der Waals surface area contributed by atoms with Crippen LogP contribution in [0.5, 0.6) is 0 Å². The maximum atomic E-state index is 5.80. The highest BCUT2D eigenvalue weighted by Gasteiger charge is 2.54. The number of epoxide rings is 2. The molecule has 0 bridgehead atoms. The lowest BCUT2D eigenvalue weighted by Gasteiger charge is -2.05. The highest BCUT2D eigenvalue weighted by molar-refractivity contribution is 5.04. The topological polar surface area (TPSA) is 25.1 Å². The summed E-state index contributed by atoms with van der Waals surface area (Å²) >= 11 is 0. The van der Waals surface area contributed by atoms with Gasteiger partial charge in [-0.2, -0.15) is 0 Å². The molecule has 0 aromatic carbocycles. The fraction of sp³-hybridized carbons (Fsp3) is 0.857.